The van der Waals surface area contributed by atoms with Crippen molar-refractivity contribution in [2.75, 3.05) is 38.2 Å². The van der Waals surface area contributed by atoms with Gasteiger partial charge in [-0.1, -0.05) is 17.3 Å². The summed E-state index contributed by atoms with van der Waals surface area (Å²) in [5, 5.41) is 5.32. The van der Waals surface area contributed by atoms with Gasteiger partial charge in [-0.25, -0.2) is 9.97 Å². The molecule has 0 bridgehead atoms. The summed E-state index contributed by atoms with van der Waals surface area (Å²) in [6, 6.07) is 9.87. The first-order valence-corrected chi connectivity index (χ1v) is 8.00. The number of benzene rings is 1. The normalized spacial score (nSPS) is 15.8. The van der Waals surface area contributed by atoms with Crippen molar-refractivity contribution in [3.63, 3.8) is 0 Å². The van der Waals surface area contributed by atoms with Gasteiger partial charge < -0.3 is 14.2 Å². The molecule has 0 amide bonds. The maximum absolute atomic E-state index is 5.39. The molecule has 124 valence electrons. The van der Waals surface area contributed by atoms with Gasteiger partial charge in [0.05, 0.1) is 7.11 Å². The number of anilines is 1. The molecule has 1 aromatic carbocycles. The molecule has 0 radical (unpaired) electrons. The Bertz CT molecular complexity index is 826. The van der Waals surface area contributed by atoms with Crippen LogP contribution in [-0.4, -0.2) is 53.3 Å². The first-order chi connectivity index (χ1) is 11.8. The molecule has 0 atom stereocenters. The second kappa shape index (κ2) is 6.45. The van der Waals surface area contributed by atoms with E-state index < -0.39 is 0 Å². The molecule has 0 unspecified atom stereocenters. The molecule has 0 N–H and O–H groups in total. The second-order valence-corrected chi connectivity index (χ2v) is 5.81. The molecule has 1 saturated heterocycles. The minimum atomic E-state index is 0.594. The molecule has 0 saturated carbocycles. The predicted octanol–water partition coefficient (Wildman–Crippen LogP) is 1.95. The van der Waals surface area contributed by atoms with Gasteiger partial charge in [-0.15, -0.1) is 0 Å². The summed E-state index contributed by atoms with van der Waals surface area (Å²) in [5.74, 6) is 1.50. The largest absolute Gasteiger partial charge is 0.481 e. The lowest BCUT2D eigenvalue weighted by atomic mass is 10.2. The smallest absolute Gasteiger partial charge is 0.218 e. The molecular weight excluding hydrogens is 306 g/mol. The Balaban J connectivity index is 1.41. The number of rotatable bonds is 4. The highest BCUT2D eigenvalue weighted by molar-refractivity contribution is 5.79. The number of ether oxygens (including phenoxy) is 1. The van der Waals surface area contributed by atoms with Crippen LogP contribution in [0.2, 0.25) is 0 Å². The first kappa shape index (κ1) is 14.9. The maximum Gasteiger partial charge on any atom is 0.218 e. The zero-order chi connectivity index (χ0) is 16.4. The Morgan fingerprint density at radius 3 is 2.79 bits per heavy atom. The van der Waals surface area contributed by atoms with Crippen LogP contribution >= 0.6 is 0 Å². The molecule has 0 spiro atoms. The maximum atomic E-state index is 5.39. The van der Waals surface area contributed by atoms with Gasteiger partial charge in [0.2, 0.25) is 5.88 Å². The predicted molar refractivity (Wildman–Crippen MR) is 90.1 cm³/mol. The summed E-state index contributed by atoms with van der Waals surface area (Å²) in [6.07, 6.45) is 1.54. The Labute approximate surface area is 139 Å². The number of methoxy groups -OCH3 is 1. The summed E-state index contributed by atoms with van der Waals surface area (Å²) in [4.78, 5) is 13.0. The van der Waals surface area contributed by atoms with E-state index in [0.717, 1.165) is 55.2 Å². The SMILES string of the molecule is COc1cc(N2CCN(Cc3noc4ccccc34)CC2)ncn1. The lowest BCUT2D eigenvalue weighted by Gasteiger charge is -2.34. The highest BCUT2D eigenvalue weighted by Gasteiger charge is 2.20. The van der Waals surface area contributed by atoms with E-state index >= 15 is 0 Å². The standard InChI is InChI=1S/C17H19N5O2/c1-23-17-10-16(18-12-19-17)22-8-6-21(7-9-22)11-14-13-4-2-3-5-15(13)24-20-14/h2-5,10,12H,6-9,11H2,1H3. The van der Waals surface area contributed by atoms with Crippen LogP contribution in [0.4, 0.5) is 5.82 Å². The van der Waals surface area contributed by atoms with E-state index in [0.29, 0.717) is 5.88 Å². The van der Waals surface area contributed by atoms with Crippen molar-refractivity contribution in [2.45, 2.75) is 6.54 Å². The van der Waals surface area contributed by atoms with Crippen molar-refractivity contribution in [1.29, 1.82) is 0 Å². The number of fused-ring (bicyclic) bond motifs is 1. The van der Waals surface area contributed by atoms with Gasteiger partial charge >= 0.3 is 0 Å². The third-order valence-corrected chi connectivity index (χ3v) is 4.36. The first-order valence-electron chi connectivity index (χ1n) is 8.00. The average Bonchev–Trinajstić information content (AvgIpc) is 3.05. The Morgan fingerprint density at radius 2 is 1.96 bits per heavy atom. The quantitative estimate of drug-likeness (QED) is 0.726. The fourth-order valence-electron chi connectivity index (χ4n) is 3.01. The Hall–Kier alpha value is -2.67. The molecule has 3 aromatic rings. The number of hydrogen-bond donors (Lipinski definition) is 0. The lowest BCUT2D eigenvalue weighted by molar-refractivity contribution is 0.242. The molecule has 7 heteroatoms. The summed E-state index contributed by atoms with van der Waals surface area (Å²) >= 11 is 0. The third kappa shape index (κ3) is 2.90. The molecule has 4 rings (SSSR count). The van der Waals surface area contributed by atoms with Crippen LogP contribution in [0.5, 0.6) is 5.88 Å². The minimum absolute atomic E-state index is 0.594. The van der Waals surface area contributed by atoms with E-state index in [9.17, 15) is 0 Å². The highest BCUT2D eigenvalue weighted by atomic mass is 16.5. The molecule has 1 aliphatic heterocycles. The summed E-state index contributed by atoms with van der Waals surface area (Å²) < 4.78 is 10.6. The van der Waals surface area contributed by atoms with Gasteiger partial charge in [-0.2, -0.15) is 0 Å². The van der Waals surface area contributed by atoms with E-state index in [1.165, 1.54) is 0 Å². The fourth-order valence-corrected chi connectivity index (χ4v) is 3.01. The van der Waals surface area contributed by atoms with E-state index in [2.05, 4.69) is 31.0 Å². The van der Waals surface area contributed by atoms with Crippen LogP contribution < -0.4 is 9.64 Å². The van der Waals surface area contributed by atoms with Crippen molar-refractivity contribution < 1.29 is 9.26 Å². The van der Waals surface area contributed by atoms with Crippen molar-refractivity contribution in [3.8, 4) is 5.88 Å². The van der Waals surface area contributed by atoms with Crippen molar-refractivity contribution in [3.05, 3.63) is 42.4 Å². The van der Waals surface area contributed by atoms with Crippen molar-refractivity contribution >= 4 is 16.8 Å². The third-order valence-electron chi connectivity index (χ3n) is 4.36. The summed E-state index contributed by atoms with van der Waals surface area (Å²) in [5.41, 5.74) is 1.85. The van der Waals surface area contributed by atoms with E-state index in [-0.39, 0.29) is 0 Å². The van der Waals surface area contributed by atoms with E-state index in [1.54, 1.807) is 13.4 Å². The van der Waals surface area contributed by atoms with Gasteiger partial charge in [0.1, 0.15) is 17.8 Å². The van der Waals surface area contributed by atoms with Gasteiger partial charge in [0.25, 0.3) is 0 Å². The molecule has 3 heterocycles. The highest BCUT2D eigenvalue weighted by Crippen LogP contribution is 2.21. The molecule has 7 nitrogen and oxygen atoms in total. The lowest BCUT2D eigenvalue weighted by Crippen LogP contribution is -2.46. The van der Waals surface area contributed by atoms with E-state index in [4.69, 9.17) is 9.26 Å². The fraction of sp³-hybridized carbons (Fsp3) is 0.353. The number of aromatic nitrogens is 3. The van der Waals surface area contributed by atoms with Crippen LogP contribution in [0.15, 0.2) is 41.2 Å². The number of piperazine rings is 1. The molecule has 2 aromatic heterocycles. The minimum Gasteiger partial charge on any atom is -0.481 e. The van der Waals surface area contributed by atoms with Gasteiger partial charge in [0, 0.05) is 44.2 Å². The topological polar surface area (TPSA) is 67.5 Å². The van der Waals surface area contributed by atoms with Crippen LogP contribution in [0.3, 0.4) is 0 Å². The van der Waals surface area contributed by atoms with Crippen LogP contribution in [0.25, 0.3) is 11.0 Å². The average molecular weight is 325 g/mol. The molecule has 24 heavy (non-hydrogen) atoms. The monoisotopic (exact) mass is 325 g/mol. The number of nitrogens with zero attached hydrogens (tertiary/aromatic N) is 5. The van der Waals surface area contributed by atoms with Gasteiger partial charge in [-0.05, 0) is 12.1 Å². The van der Waals surface area contributed by atoms with Crippen LogP contribution in [0.1, 0.15) is 5.69 Å². The van der Waals surface area contributed by atoms with Crippen LogP contribution in [0, 0.1) is 0 Å². The van der Waals surface area contributed by atoms with Gasteiger partial charge in [-0.3, -0.25) is 4.90 Å². The Morgan fingerprint density at radius 1 is 1.12 bits per heavy atom. The summed E-state index contributed by atoms with van der Waals surface area (Å²) in [7, 11) is 1.62. The van der Waals surface area contributed by atoms with Gasteiger partial charge in [0.15, 0.2) is 5.58 Å². The molecule has 1 aliphatic rings. The second-order valence-electron chi connectivity index (χ2n) is 5.81. The number of para-hydroxylation sites is 1. The van der Waals surface area contributed by atoms with Crippen molar-refractivity contribution in [2.24, 2.45) is 0 Å². The van der Waals surface area contributed by atoms with Crippen molar-refractivity contribution in [1.82, 2.24) is 20.0 Å². The number of hydrogen-bond acceptors (Lipinski definition) is 7. The molecular formula is C17H19N5O2. The van der Waals surface area contributed by atoms with Crippen LogP contribution in [-0.2, 0) is 6.54 Å². The molecule has 0 aliphatic carbocycles. The Kier molecular flexibility index (Phi) is 4.00. The van der Waals surface area contributed by atoms with E-state index in [1.807, 2.05) is 24.3 Å². The zero-order valence-corrected chi connectivity index (χ0v) is 13.6. The summed E-state index contributed by atoms with van der Waals surface area (Å²) in [6.45, 7) is 4.53. The molecule has 1 fully saturated rings. The zero-order valence-electron chi connectivity index (χ0n) is 13.6.